The van der Waals surface area contributed by atoms with E-state index >= 15 is 0 Å². The summed E-state index contributed by atoms with van der Waals surface area (Å²) in [5.74, 6) is -0.255. The third-order valence-corrected chi connectivity index (χ3v) is 8.26. The summed E-state index contributed by atoms with van der Waals surface area (Å²) in [6.07, 6.45) is 0. The Hall–Kier alpha value is -2.88. The third-order valence-electron chi connectivity index (χ3n) is 5.10. The number of morpholine rings is 1. The van der Waals surface area contributed by atoms with Crippen LogP contribution >= 0.6 is 11.3 Å². The number of anilines is 3. The third kappa shape index (κ3) is 4.73. The molecular weight excluding hydrogens is 434 g/mol. The molecule has 0 atom stereocenters. The first-order valence-electron chi connectivity index (χ1n) is 9.82. The molecule has 1 aliphatic rings. The Morgan fingerprint density at radius 3 is 2.32 bits per heavy atom. The molecule has 7 nitrogen and oxygen atoms in total. The van der Waals surface area contributed by atoms with Gasteiger partial charge in [-0.25, -0.2) is 8.42 Å². The van der Waals surface area contributed by atoms with Crippen LogP contribution in [0.25, 0.3) is 0 Å². The van der Waals surface area contributed by atoms with Gasteiger partial charge in [-0.05, 0) is 60.0 Å². The fraction of sp³-hybridized carbons (Fsp3) is 0.227. The highest BCUT2D eigenvalue weighted by Gasteiger charge is 2.22. The molecule has 1 N–H and O–H groups in total. The van der Waals surface area contributed by atoms with Crippen molar-refractivity contribution in [1.29, 1.82) is 0 Å². The topological polar surface area (TPSA) is 79.0 Å². The van der Waals surface area contributed by atoms with Gasteiger partial charge in [0.1, 0.15) is 4.21 Å². The van der Waals surface area contributed by atoms with E-state index < -0.39 is 10.0 Å². The molecule has 1 fully saturated rings. The van der Waals surface area contributed by atoms with Crippen molar-refractivity contribution in [2.24, 2.45) is 0 Å². The molecule has 0 saturated carbocycles. The number of amides is 1. The predicted octanol–water partition coefficient (Wildman–Crippen LogP) is 3.66. The van der Waals surface area contributed by atoms with Gasteiger partial charge >= 0.3 is 0 Å². The quantitative estimate of drug-likeness (QED) is 0.611. The van der Waals surface area contributed by atoms with Crippen molar-refractivity contribution >= 4 is 44.3 Å². The molecule has 0 spiro atoms. The number of benzene rings is 2. The zero-order valence-corrected chi connectivity index (χ0v) is 18.7. The Bertz CT molecular complexity index is 1120. The van der Waals surface area contributed by atoms with E-state index in [1.807, 2.05) is 24.3 Å². The van der Waals surface area contributed by atoms with Gasteiger partial charge in [0.15, 0.2) is 0 Å². The van der Waals surface area contributed by atoms with Crippen molar-refractivity contribution in [2.75, 3.05) is 47.9 Å². The Balaban J connectivity index is 1.41. The highest BCUT2D eigenvalue weighted by atomic mass is 32.2. The largest absolute Gasteiger partial charge is 0.378 e. The second-order valence-electron chi connectivity index (χ2n) is 7.05. The summed E-state index contributed by atoms with van der Waals surface area (Å²) in [5, 5.41) is 4.60. The molecule has 1 saturated heterocycles. The lowest BCUT2D eigenvalue weighted by atomic mass is 10.2. The summed E-state index contributed by atoms with van der Waals surface area (Å²) in [7, 11) is -2.10. The van der Waals surface area contributed by atoms with Crippen molar-refractivity contribution in [3.8, 4) is 0 Å². The van der Waals surface area contributed by atoms with E-state index in [-0.39, 0.29) is 10.1 Å². The molecule has 162 valence electrons. The Labute approximate surface area is 185 Å². The van der Waals surface area contributed by atoms with Gasteiger partial charge in [0, 0.05) is 37.1 Å². The fourth-order valence-electron chi connectivity index (χ4n) is 3.29. The van der Waals surface area contributed by atoms with Crippen LogP contribution in [0.2, 0.25) is 0 Å². The minimum Gasteiger partial charge on any atom is -0.378 e. The van der Waals surface area contributed by atoms with Crippen LogP contribution in [0.5, 0.6) is 0 Å². The lowest BCUT2D eigenvalue weighted by Gasteiger charge is -2.28. The van der Waals surface area contributed by atoms with E-state index in [0.717, 1.165) is 32.0 Å². The van der Waals surface area contributed by atoms with Gasteiger partial charge in [-0.15, -0.1) is 11.3 Å². The van der Waals surface area contributed by atoms with E-state index in [1.165, 1.54) is 22.7 Å². The minimum atomic E-state index is -3.60. The monoisotopic (exact) mass is 457 g/mol. The van der Waals surface area contributed by atoms with Gasteiger partial charge in [-0.1, -0.05) is 6.07 Å². The van der Waals surface area contributed by atoms with Crippen molar-refractivity contribution in [3.63, 3.8) is 0 Å². The smallest absolute Gasteiger partial charge is 0.273 e. The van der Waals surface area contributed by atoms with Crippen LogP contribution in [0.4, 0.5) is 17.1 Å². The number of rotatable bonds is 6. The van der Waals surface area contributed by atoms with Crippen molar-refractivity contribution < 1.29 is 17.9 Å². The molecule has 1 aliphatic heterocycles. The molecule has 0 bridgehead atoms. The Morgan fingerprint density at radius 2 is 1.71 bits per heavy atom. The first-order chi connectivity index (χ1) is 14.9. The fourth-order valence-corrected chi connectivity index (χ4v) is 5.64. The molecule has 2 aromatic carbocycles. The van der Waals surface area contributed by atoms with Crippen LogP contribution in [-0.2, 0) is 14.8 Å². The van der Waals surface area contributed by atoms with Crippen molar-refractivity contribution in [3.05, 3.63) is 71.6 Å². The van der Waals surface area contributed by atoms with Crippen LogP contribution < -0.4 is 14.5 Å². The maximum atomic E-state index is 12.6. The van der Waals surface area contributed by atoms with Gasteiger partial charge in [-0.2, -0.15) is 0 Å². The molecule has 3 aromatic rings. The number of hydrogen-bond donors (Lipinski definition) is 1. The summed E-state index contributed by atoms with van der Waals surface area (Å²) in [4.78, 5) is 14.8. The molecule has 1 amide bonds. The second kappa shape index (κ2) is 9.09. The van der Waals surface area contributed by atoms with Crippen molar-refractivity contribution in [1.82, 2.24) is 0 Å². The molecular formula is C22H23N3O4S2. The van der Waals surface area contributed by atoms with Gasteiger partial charge < -0.3 is 15.0 Å². The molecule has 2 heterocycles. The van der Waals surface area contributed by atoms with Gasteiger partial charge in [-0.3, -0.25) is 9.10 Å². The molecule has 1 aromatic heterocycles. The summed E-state index contributed by atoms with van der Waals surface area (Å²) in [5.41, 5.74) is 2.73. The van der Waals surface area contributed by atoms with Gasteiger partial charge in [0.05, 0.1) is 18.9 Å². The van der Waals surface area contributed by atoms with Gasteiger partial charge in [0.25, 0.3) is 15.9 Å². The van der Waals surface area contributed by atoms with E-state index in [1.54, 1.807) is 41.8 Å². The second-order valence-corrected chi connectivity index (χ2v) is 10.2. The van der Waals surface area contributed by atoms with Gasteiger partial charge in [0.2, 0.25) is 0 Å². The molecule has 0 radical (unpaired) electrons. The standard InChI is InChI=1S/C22H23N3O4S2/c1-24(31(27,28)21-3-2-16-30-21)19-8-4-17(5-9-19)22(26)23-18-6-10-20(11-7-18)25-12-14-29-15-13-25/h2-11,16H,12-15H2,1H3,(H,23,26). The zero-order chi connectivity index (χ0) is 21.8. The number of hydrogen-bond acceptors (Lipinski definition) is 6. The van der Waals surface area contributed by atoms with E-state index in [4.69, 9.17) is 4.74 Å². The summed E-state index contributed by atoms with van der Waals surface area (Å²) < 4.78 is 32.1. The number of carbonyl (C=O) groups excluding carboxylic acids is 1. The highest BCUT2D eigenvalue weighted by Crippen LogP contribution is 2.25. The first kappa shape index (κ1) is 21.4. The zero-order valence-electron chi connectivity index (χ0n) is 17.0. The molecule has 0 unspecified atom stereocenters. The highest BCUT2D eigenvalue weighted by molar-refractivity contribution is 7.94. The van der Waals surface area contributed by atoms with E-state index in [0.29, 0.717) is 16.9 Å². The molecule has 31 heavy (non-hydrogen) atoms. The molecule has 0 aliphatic carbocycles. The van der Waals surface area contributed by atoms with Crippen LogP contribution in [0.15, 0.2) is 70.3 Å². The lowest BCUT2D eigenvalue weighted by Crippen LogP contribution is -2.36. The maximum absolute atomic E-state index is 12.6. The Morgan fingerprint density at radius 1 is 1.03 bits per heavy atom. The van der Waals surface area contributed by atoms with Crippen LogP contribution in [0.3, 0.4) is 0 Å². The summed E-state index contributed by atoms with van der Waals surface area (Å²) >= 11 is 1.17. The number of ether oxygens (including phenoxy) is 1. The van der Waals surface area contributed by atoms with Crippen LogP contribution in [0.1, 0.15) is 10.4 Å². The number of sulfonamides is 1. The summed E-state index contributed by atoms with van der Waals surface area (Å²) in [6.45, 7) is 3.15. The number of carbonyl (C=O) groups is 1. The molecule has 9 heteroatoms. The van der Waals surface area contributed by atoms with E-state index in [2.05, 4.69) is 10.2 Å². The van der Waals surface area contributed by atoms with E-state index in [9.17, 15) is 13.2 Å². The maximum Gasteiger partial charge on any atom is 0.273 e. The number of thiophene rings is 1. The minimum absolute atomic E-state index is 0.255. The summed E-state index contributed by atoms with van der Waals surface area (Å²) in [6, 6.07) is 17.5. The average molecular weight is 458 g/mol. The average Bonchev–Trinajstić information content (AvgIpc) is 3.36. The van der Waals surface area contributed by atoms with Crippen molar-refractivity contribution in [2.45, 2.75) is 4.21 Å². The van der Waals surface area contributed by atoms with Crippen LogP contribution in [0, 0.1) is 0 Å². The number of nitrogens with one attached hydrogen (secondary N) is 1. The van der Waals surface area contributed by atoms with Crippen LogP contribution in [-0.4, -0.2) is 47.7 Å². The predicted molar refractivity (Wildman–Crippen MR) is 124 cm³/mol. The lowest BCUT2D eigenvalue weighted by molar-refractivity contribution is 0.102. The molecule has 4 rings (SSSR count). The Kier molecular flexibility index (Phi) is 6.26. The normalized spacial score (nSPS) is 14.3. The number of nitrogens with zero attached hydrogens (tertiary/aromatic N) is 2. The SMILES string of the molecule is CN(c1ccc(C(=O)Nc2ccc(N3CCOCC3)cc2)cc1)S(=O)(=O)c1cccs1. The first-order valence-corrected chi connectivity index (χ1v) is 12.1.